The number of unbranched alkanes of at least 4 members (excludes halogenated alkanes) is 11. The van der Waals surface area contributed by atoms with Gasteiger partial charge in [0.15, 0.2) is 17.6 Å². The second-order valence-corrected chi connectivity index (χ2v) is 14.7. The lowest BCUT2D eigenvalue weighted by atomic mass is 9.47. The number of phenols is 1. The summed E-state index contributed by atoms with van der Waals surface area (Å²) >= 11 is 0. The summed E-state index contributed by atoms with van der Waals surface area (Å²) in [6.45, 7) is 2.24. The van der Waals surface area contributed by atoms with Gasteiger partial charge in [-0.2, -0.15) is 0 Å². The third-order valence-corrected chi connectivity index (χ3v) is 11.4. The van der Waals surface area contributed by atoms with Gasteiger partial charge in [0.05, 0.1) is 23.4 Å². The molecule has 5 rings (SSSR count). The maximum absolute atomic E-state index is 13.5. The minimum Gasteiger partial charge on any atom is -0.504 e. The second kappa shape index (κ2) is 16.5. The maximum atomic E-state index is 13.5. The van der Waals surface area contributed by atoms with Crippen molar-refractivity contribution in [2.45, 2.75) is 159 Å². The molecule has 8 heteroatoms. The van der Waals surface area contributed by atoms with E-state index in [1.165, 1.54) is 44.9 Å². The normalized spacial score (nSPS) is 25.7. The van der Waals surface area contributed by atoms with Gasteiger partial charge in [0.25, 0.3) is 0 Å². The summed E-state index contributed by atoms with van der Waals surface area (Å²) in [5.41, 5.74) is -0.107. The number of benzene rings is 1. The molecule has 1 spiro atoms. The minimum absolute atomic E-state index is 0.0143. The third-order valence-electron chi connectivity index (χ3n) is 11.4. The summed E-state index contributed by atoms with van der Waals surface area (Å²) < 4.78 is 12.2. The fourth-order valence-corrected chi connectivity index (χ4v) is 8.95. The van der Waals surface area contributed by atoms with Crippen molar-refractivity contribution in [3.8, 4) is 11.5 Å². The van der Waals surface area contributed by atoms with Gasteiger partial charge in [-0.3, -0.25) is 14.4 Å². The first kappa shape index (κ1) is 36.2. The highest BCUT2D eigenvalue weighted by Gasteiger charge is 2.70. The van der Waals surface area contributed by atoms with Crippen LogP contribution in [0.25, 0.3) is 0 Å². The first-order chi connectivity index (χ1) is 23.2. The van der Waals surface area contributed by atoms with Crippen LogP contribution in [-0.2, 0) is 31.0 Å². The second-order valence-electron chi connectivity index (χ2n) is 14.7. The Morgan fingerprint density at radius 3 is 2.38 bits per heavy atom. The van der Waals surface area contributed by atoms with Crippen molar-refractivity contribution in [2.75, 3.05) is 0 Å². The lowest BCUT2D eigenvalue weighted by molar-refractivity contribution is -0.164. The molecule has 2 bridgehead atoms. The summed E-state index contributed by atoms with van der Waals surface area (Å²) in [6, 6.07) is 3.51. The molecular formula is C40H56O8. The van der Waals surface area contributed by atoms with E-state index in [4.69, 9.17) is 9.47 Å². The molecule has 0 amide bonds. The molecule has 1 aliphatic heterocycles. The van der Waals surface area contributed by atoms with Crippen molar-refractivity contribution >= 4 is 17.7 Å². The number of carbonyl (C=O) groups is 3. The number of aromatic hydroxyl groups is 1. The van der Waals surface area contributed by atoms with Gasteiger partial charge in [-0.1, -0.05) is 82.9 Å². The highest BCUT2D eigenvalue weighted by atomic mass is 16.6. The van der Waals surface area contributed by atoms with Gasteiger partial charge in [0.2, 0.25) is 0 Å². The predicted molar refractivity (Wildman–Crippen MR) is 184 cm³/mol. The Kier molecular flexibility index (Phi) is 12.4. The Balaban J connectivity index is 1.08. The average Bonchev–Trinajstić information content (AvgIpc) is 3.40. The van der Waals surface area contributed by atoms with Crippen LogP contribution in [0.3, 0.4) is 0 Å². The Morgan fingerprint density at radius 2 is 1.67 bits per heavy atom. The van der Waals surface area contributed by atoms with Crippen molar-refractivity contribution in [3.63, 3.8) is 0 Å². The zero-order valence-electron chi connectivity index (χ0n) is 28.9. The molecule has 4 aliphatic rings. The lowest BCUT2D eigenvalue weighted by Crippen LogP contribution is -2.67. The molecule has 1 aromatic carbocycles. The van der Waals surface area contributed by atoms with Crippen LogP contribution in [0.2, 0.25) is 0 Å². The summed E-state index contributed by atoms with van der Waals surface area (Å²) in [5, 5.41) is 32.4. The SMILES string of the molecule is CCCCCCCC/C=C/CCCCCCCC(=O)C[C@@H](CC(=O)O)C(=O)OC1=CC[C@]2(O)[C@H]3CCC[C@]24c2c(ccc(O)c2O[C@H]14)C3. The number of allylic oxidation sites excluding steroid dienone is 2. The summed E-state index contributed by atoms with van der Waals surface area (Å²) in [5.74, 6) is -2.62. The van der Waals surface area contributed by atoms with E-state index in [2.05, 4.69) is 19.1 Å². The lowest BCUT2D eigenvalue weighted by Gasteiger charge is -2.59. The van der Waals surface area contributed by atoms with Crippen molar-refractivity contribution < 1.29 is 39.2 Å². The molecule has 3 N–H and O–H groups in total. The molecule has 48 heavy (non-hydrogen) atoms. The molecule has 264 valence electrons. The monoisotopic (exact) mass is 664 g/mol. The number of hydrogen-bond acceptors (Lipinski definition) is 7. The zero-order valence-corrected chi connectivity index (χ0v) is 28.9. The molecule has 1 saturated carbocycles. The fraction of sp³-hybridized carbons (Fsp3) is 0.675. The number of carbonyl (C=O) groups excluding carboxylic acids is 2. The van der Waals surface area contributed by atoms with E-state index in [-0.39, 0.29) is 36.1 Å². The van der Waals surface area contributed by atoms with E-state index in [1.54, 1.807) is 12.1 Å². The Labute approximate surface area is 286 Å². The van der Waals surface area contributed by atoms with Crippen LogP contribution in [0, 0.1) is 11.8 Å². The number of carboxylic acid groups (broad SMARTS) is 1. The number of aliphatic hydroxyl groups is 1. The molecule has 0 saturated heterocycles. The summed E-state index contributed by atoms with van der Waals surface area (Å²) in [7, 11) is 0. The Morgan fingerprint density at radius 1 is 0.979 bits per heavy atom. The van der Waals surface area contributed by atoms with Gasteiger partial charge in [-0.25, -0.2) is 0 Å². The van der Waals surface area contributed by atoms with Crippen molar-refractivity contribution in [2.24, 2.45) is 11.8 Å². The molecule has 8 nitrogen and oxygen atoms in total. The van der Waals surface area contributed by atoms with E-state index in [0.717, 1.165) is 62.5 Å². The molecule has 1 aromatic rings. The van der Waals surface area contributed by atoms with Crippen LogP contribution >= 0.6 is 0 Å². The van der Waals surface area contributed by atoms with Gasteiger partial charge in [0.1, 0.15) is 11.5 Å². The summed E-state index contributed by atoms with van der Waals surface area (Å²) in [6.07, 6.45) is 23.6. The third kappa shape index (κ3) is 7.69. The number of hydrogen-bond donors (Lipinski definition) is 3. The number of ketones is 1. The van der Waals surface area contributed by atoms with Gasteiger partial charge >= 0.3 is 11.9 Å². The van der Waals surface area contributed by atoms with Gasteiger partial charge in [0, 0.05) is 18.4 Å². The number of aliphatic carboxylic acids is 1. The first-order valence-corrected chi connectivity index (χ1v) is 18.8. The van der Waals surface area contributed by atoms with E-state index >= 15 is 0 Å². The Bertz CT molecular complexity index is 1360. The van der Waals surface area contributed by atoms with Gasteiger partial charge in [-0.05, 0) is 81.4 Å². The minimum atomic E-state index is -1.17. The average molecular weight is 665 g/mol. The van der Waals surface area contributed by atoms with Crippen LogP contribution in [0.4, 0.5) is 0 Å². The predicted octanol–water partition coefficient (Wildman–Crippen LogP) is 8.40. The number of ether oxygens (including phenoxy) is 2. The first-order valence-electron chi connectivity index (χ1n) is 18.8. The Hall–Kier alpha value is -3.13. The number of carboxylic acids is 1. The molecule has 1 heterocycles. The molecule has 1 fully saturated rings. The molecule has 3 aliphatic carbocycles. The van der Waals surface area contributed by atoms with Crippen LogP contribution < -0.4 is 4.74 Å². The highest BCUT2D eigenvalue weighted by molar-refractivity contribution is 5.87. The summed E-state index contributed by atoms with van der Waals surface area (Å²) in [4.78, 5) is 38.1. The largest absolute Gasteiger partial charge is 0.504 e. The number of esters is 1. The fourth-order valence-electron chi connectivity index (χ4n) is 8.95. The van der Waals surface area contributed by atoms with Crippen molar-refractivity contribution in [3.05, 3.63) is 47.2 Å². The number of rotatable bonds is 21. The van der Waals surface area contributed by atoms with E-state index in [0.29, 0.717) is 25.0 Å². The van der Waals surface area contributed by atoms with E-state index in [1.807, 2.05) is 6.07 Å². The molecule has 5 atom stereocenters. The van der Waals surface area contributed by atoms with Crippen LogP contribution in [0.15, 0.2) is 36.1 Å². The molecular weight excluding hydrogens is 608 g/mol. The van der Waals surface area contributed by atoms with Crippen LogP contribution in [0.5, 0.6) is 11.5 Å². The van der Waals surface area contributed by atoms with Crippen LogP contribution in [-0.4, -0.2) is 44.7 Å². The van der Waals surface area contributed by atoms with Crippen molar-refractivity contribution in [1.82, 2.24) is 0 Å². The van der Waals surface area contributed by atoms with E-state index < -0.39 is 41.4 Å². The quantitative estimate of drug-likeness (QED) is 0.0679. The van der Waals surface area contributed by atoms with Crippen LogP contribution in [0.1, 0.15) is 146 Å². The number of Topliss-reactive ketones (excluding diaryl/α,β-unsaturated/α-hetero) is 1. The highest BCUT2D eigenvalue weighted by Crippen LogP contribution is 2.67. The van der Waals surface area contributed by atoms with Gasteiger partial charge < -0.3 is 24.8 Å². The smallest absolute Gasteiger partial charge is 0.315 e. The van der Waals surface area contributed by atoms with E-state index in [9.17, 15) is 29.7 Å². The zero-order chi connectivity index (χ0) is 34.1. The number of phenolic OH excluding ortho intramolecular Hbond substituents is 1. The van der Waals surface area contributed by atoms with Crippen molar-refractivity contribution in [1.29, 1.82) is 0 Å². The molecule has 0 unspecified atom stereocenters. The van der Waals surface area contributed by atoms with Gasteiger partial charge in [-0.15, -0.1) is 0 Å². The standard InChI is InChI=1S/C40H56O8/c1-2-3-4-5-6-7-8-9-10-11-12-13-14-15-16-19-31(41)26-29(27-34(43)44)38(45)47-33-22-24-40(46)30-18-17-23-39(40)35-28(25-30)20-21-32(42)36(35)48-37(33)39/h9-10,20-22,29-30,37,42,46H,2-8,11-19,23-27H2,1H3,(H,43,44)/b10-9+/t29-,30-,37+,39+,40-/m0/s1. The molecule has 0 radical (unpaired) electrons. The maximum Gasteiger partial charge on any atom is 0.315 e. The topological polar surface area (TPSA) is 130 Å². The molecule has 0 aromatic heterocycles.